The van der Waals surface area contributed by atoms with Gasteiger partial charge in [0.2, 0.25) is 0 Å². The van der Waals surface area contributed by atoms with Crippen LogP contribution >= 0.6 is 11.3 Å². The summed E-state index contributed by atoms with van der Waals surface area (Å²) in [5.41, 5.74) is 5.01. The van der Waals surface area contributed by atoms with Gasteiger partial charge in [0.1, 0.15) is 16.4 Å². The average molecular weight is 408 g/mol. The van der Waals surface area contributed by atoms with E-state index in [-0.39, 0.29) is 27.6 Å². The molecule has 0 amide bonds. The Bertz CT molecular complexity index is 932. The maximum atomic E-state index is 12.7. The molecule has 0 bridgehead atoms. The van der Waals surface area contributed by atoms with Crippen LogP contribution in [0.2, 0.25) is 0 Å². The molecule has 142 valence electrons. The molecule has 0 saturated heterocycles. The number of hydrogen-bond acceptors (Lipinski definition) is 9. The number of alkyl halides is 2. The number of nitrogens with zero attached hydrogens (tertiary/aromatic N) is 5. The Hall–Kier alpha value is -2.12. The van der Waals surface area contributed by atoms with E-state index in [1.165, 1.54) is 23.5 Å². The number of rotatable bonds is 5. The van der Waals surface area contributed by atoms with Crippen LogP contribution in [-0.4, -0.2) is 20.2 Å². The highest BCUT2D eigenvalue weighted by Gasteiger charge is 2.25. The lowest BCUT2D eigenvalue weighted by Gasteiger charge is -2.11. The van der Waals surface area contributed by atoms with Gasteiger partial charge in [-0.25, -0.2) is 4.21 Å². The van der Waals surface area contributed by atoms with Gasteiger partial charge in [-0.2, -0.15) is 13.1 Å². The molecule has 1 atom stereocenters. The third kappa shape index (κ3) is 4.74. The number of anilines is 1. The monoisotopic (exact) mass is 408 g/mol. The number of nitrogens with two attached hydrogens (primary N) is 1. The van der Waals surface area contributed by atoms with Crippen LogP contribution in [0.3, 0.4) is 0 Å². The van der Waals surface area contributed by atoms with E-state index in [1.807, 2.05) is 20.8 Å². The molecule has 13 heteroatoms. The van der Waals surface area contributed by atoms with Gasteiger partial charge in [-0.3, -0.25) is 0 Å². The summed E-state index contributed by atoms with van der Waals surface area (Å²) in [5, 5.41) is 16.5. The zero-order valence-electron chi connectivity index (χ0n) is 13.9. The molecule has 0 aliphatic heterocycles. The lowest BCUT2D eigenvalue weighted by atomic mass is 9.98. The summed E-state index contributed by atoms with van der Waals surface area (Å²) in [4.78, 5) is 0. The number of hydrogen-bond donors (Lipinski definition) is 1. The number of nitrogen functional groups attached to an aromatic ring is 1. The van der Waals surface area contributed by atoms with Crippen molar-refractivity contribution >= 4 is 43.5 Å². The second kappa shape index (κ2) is 7.63. The fourth-order valence-electron chi connectivity index (χ4n) is 1.57. The molecule has 1 aromatic heterocycles. The van der Waals surface area contributed by atoms with E-state index < -0.39 is 15.8 Å². The van der Waals surface area contributed by atoms with Crippen LogP contribution in [0.15, 0.2) is 32.8 Å². The zero-order valence-corrected chi connectivity index (χ0v) is 15.5. The maximum absolute atomic E-state index is 12.7. The number of benzene rings is 1. The van der Waals surface area contributed by atoms with Gasteiger partial charge in [0.05, 0.1) is 0 Å². The van der Waals surface area contributed by atoms with E-state index in [9.17, 15) is 17.5 Å². The Morgan fingerprint density at radius 1 is 1.23 bits per heavy atom. The van der Waals surface area contributed by atoms with Crippen LogP contribution < -0.4 is 5.73 Å². The third-order valence-corrected chi connectivity index (χ3v) is 5.15. The van der Waals surface area contributed by atoms with E-state index in [0.717, 1.165) is 11.1 Å². The number of halogens is 3. The smallest absolute Gasteiger partial charge is 0.345 e. The van der Waals surface area contributed by atoms with Crippen molar-refractivity contribution in [3.05, 3.63) is 23.2 Å². The van der Waals surface area contributed by atoms with Gasteiger partial charge in [-0.05, 0) is 22.7 Å². The molecule has 2 N–H and O–H groups in total. The fourth-order valence-corrected chi connectivity index (χ4v) is 2.88. The fraction of sp³-hybridized carbons (Fsp3) is 0.385. The Balaban J connectivity index is 2.44. The highest BCUT2D eigenvalue weighted by atomic mass is 32.2. The topological polar surface area (TPSA) is 115 Å². The average Bonchev–Trinajstić information content (AvgIpc) is 3.03. The summed E-state index contributed by atoms with van der Waals surface area (Å²) in [6, 6.07) is 3.79. The molecule has 0 fully saturated rings. The Kier molecular flexibility index (Phi) is 5.93. The molecule has 26 heavy (non-hydrogen) atoms. The van der Waals surface area contributed by atoms with Gasteiger partial charge in [0.15, 0.2) is 0 Å². The SMILES string of the molecule is CC(C)(C)c1nnc(N=Nc2ccc(N)cc2N=S(=O)(OF)C(F)F)s1. The van der Waals surface area contributed by atoms with Crippen LogP contribution in [0.1, 0.15) is 25.8 Å². The molecule has 8 nitrogen and oxygen atoms in total. The molecule has 0 aliphatic rings. The Morgan fingerprint density at radius 3 is 2.46 bits per heavy atom. The first-order valence-electron chi connectivity index (χ1n) is 7.05. The van der Waals surface area contributed by atoms with Crippen LogP contribution in [0.25, 0.3) is 0 Å². The van der Waals surface area contributed by atoms with E-state index in [0.29, 0.717) is 0 Å². The van der Waals surface area contributed by atoms with Crippen LogP contribution in [0, 0.1) is 0 Å². The molecular formula is C13H15F3N6O2S2. The quantitative estimate of drug-likeness (QED) is 0.554. The van der Waals surface area contributed by atoms with Crippen molar-refractivity contribution in [3.63, 3.8) is 0 Å². The molecule has 1 aromatic carbocycles. The Morgan fingerprint density at radius 2 is 1.92 bits per heavy atom. The van der Waals surface area contributed by atoms with Gasteiger partial charge in [0, 0.05) is 11.1 Å². The standard InChI is InChI=1S/C13H15F3N6O2S2/c1-13(2,3)10-19-21-12(25-10)20-18-8-5-4-7(17)6-9(8)22-26(23,24-16)11(14)15/h4-6,11H,17H2,1-3H3. The minimum absolute atomic E-state index is 0.0721. The maximum Gasteiger partial charge on any atom is 0.345 e. The summed E-state index contributed by atoms with van der Waals surface area (Å²) in [7, 11) is -4.89. The minimum Gasteiger partial charge on any atom is -0.399 e. The van der Waals surface area contributed by atoms with Gasteiger partial charge >= 0.3 is 5.76 Å². The van der Waals surface area contributed by atoms with Gasteiger partial charge in [0.25, 0.3) is 15.1 Å². The highest BCUT2D eigenvalue weighted by molar-refractivity contribution is 7.89. The zero-order chi connectivity index (χ0) is 19.5. The van der Waals surface area contributed by atoms with E-state index in [2.05, 4.69) is 29.2 Å². The van der Waals surface area contributed by atoms with Crippen LogP contribution in [-0.2, 0) is 19.8 Å². The first kappa shape index (κ1) is 20.2. The molecule has 1 unspecified atom stereocenters. The van der Waals surface area contributed by atoms with E-state index in [4.69, 9.17) is 5.73 Å². The largest absolute Gasteiger partial charge is 0.399 e. The number of aromatic nitrogens is 2. The summed E-state index contributed by atoms with van der Waals surface area (Å²) in [6.07, 6.45) is 0. The molecular weight excluding hydrogens is 393 g/mol. The second-order valence-electron chi connectivity index (χ2n) is 6.02. The van der Waals surface area contributed by atoms with Crippen molar-refractivity contribution in [2.75, 3.05) is 5.73 Å². The van der Waals surface area contributed by atoms with Gasteiger partial charge in [-0.1, -0.05) is 36.5 Å². The first-order valence-corrected chi connectivity index (χ1v) is 9.37. The van der Waals surface area contributed by atoms with Crippen molar-refractivity contribution in [2.24, 2.45) is 14.6 Å². The molecule has 1 heterocycles. The summed E-state index contributed by atoms with van der Waals surface area (Å²) in [6.45, 7) is 5.84. The lowest BCUT2D eigenvalue weighted by Crippen LogP contribution is -2.10. The molecule has 2 aromatic rings. The molecule has 0 aliphatic carbocycles. The van der Waals surface area contributed by atoms with Gasteiger partial charge < -0.3 is 5.73 Å². The van der Waals surface area contributed by atoms with Gasteiger partial charge in [-0.15, -0.1) is 20.4 Å². The second-order valence-corrected chi connectivity index (χ2v) is 8.67. The van der Waals surface area contributed by atoms with Crippen LogP contribution in [0.4, 0.5) is 35.5 Å². The van der Waals surface area contributed by atoms with Crippen molar-refractivity contribution in [1.29, 1.82) is 0 Å². The first-order chi connectivity index (χ1) is 12.0. The van der Waals surface area contributed by atoms with E-state index in [1.54, 1.807) is 0 Å². The highest BCUT2D eigenvalue weighted by Crippen LogP contribution is 2.35. The normalized spacial score (nSPS) is 14.7. The summed E-state index contributed by atoms with van der Waals surface area (Å²) in [5.74, 6) is -3.67. The Labute approximate surface area is 151 Å². The molecule has 2 rings (SSSR count). The van der Waals surface area contributed by atoms with E-state index >= 15 is 0 Å². The number of azo groups is 1. The van der Waals surface area contributed by atoms with Crippen molar-refractivity contribution in [1.82, 2.24) is 10.2 Å². The van der Waals surface area contributed by atoms with Crippen molar-refractivity contribution in [2.45, 2.75) is 31.9 Å². The predicted octanol–water partition coefficient (Wildman–Crippen LogP) is 4.97. The van der Waals surface area contributed by atoms with Crippen LogP contribution in [0.5, 0.6) is 0 Å². The van der Waals surface area contributed by atoms with Crippen molar-refractivity contribution in [3.8, 4) is 0 Å². The predicted molar refractivity (Wildman–Crippen MR) is 92.1 cm³/mol. The minimum atomic E-state index is -4.89. The van der Waals surface area contributed by atoms with Crippen molar-refractivity contribution < 1.29 is 21.9 Å². The lowest BCUT2D eigenvalue weighted by molar-refractivity contribution is -0.000950. The summed E-state index contributed by atoms with van der Waals surface area (Å²) < 4.78 is 55.4. The molecule has 0 spiro atoms. The summed E-state index contributed by atoms with van der Waals surface area (Å²) >= 11 is 1.19. The molecule has 0 saturated carbocycles. The molecule has 0 radical (unpaired) electrons. The third-order valence-electron chi connectivity index (χ3n) is 2.84.